The van der Waals surface area contributed by atoms with Crippen molar-refractivity contribution in [2.75, 3.05) is 13.7 Å². The predicted molar refractivity (Wildman–Crippen MR) is 70.4 cm³/mol. The van der Waals surface area contributed by atoms with Crippen molar-refractivity contribution in [3.63, 3.8) is 0 Å². The summed E-state index contributed by atoms with van der Waals surface area (Å²) in [6.07, 6.45) is -0.0425. The van der Waals surface area contributed by atoms with Gasteiger partial charge in [0.15, 0.2) is 6.04 Å². The molecule has 1 rings (SSSR count). The molecular weight excluding hydrogens is 246 g/mol. The number of amides is 1. The minimum absolute atomic E-state index is 0.0425. The maximum Gasteiger partial charge on any atom is 0.333 e. The number of nitrogens with one attached hydrogen (secondary N) is 1. The molecule has 1 amide bonds. The Labute approximate surface area is 112 Å². The first-order chi connectivity index (χ1) is 9.04. The van der Waals surface area contributed by atoms with Gasteiger partial charge in [0.05, 0.1) is 13.2 Å². The number of esters is 1. The number of hydrogen-bond acceptors (Lipinski definition) is 4. The number of benzene rings is 1. The van der Waals surface area contributed by atoms with Gasteiger partial charge in [-0.2, -0.15) is 0 Å². The Bertz CT molecular complexity index is 417. The zero-order valence-corrected chi connectivity index (χ0v) is 11.4. The van der Waals surface area contributed by atoms with Crippen molar-refractivity contribution in [1.29, 1.82) is 0 Å². The Morgan fingerprint density at radius 3 is 2.37 bits per heavy atom. The van der Waals surface area contributed by atoms with Crippen LogP contribution in [0.25, 0.3) is 0 Å². The fourth-order valence-corrected chi connectivity index (χ4v) is 1.49. The molecule has 1 atom stereocenters. The van der Waals surface area contributed by atoms with Gasteiger partial charge in [-0.05, 0) is 19.4 Å². The van der Waals surface area contributed by atoms with E-state index in [9.17, 15) is 9.59 Å². The van der Waals surface area contributed by atoms with E-state index >= 15 is 0 Å². The van der Waals surface area contributed by atoms with Crippen molar-refractivity contribution < 1.29 is 19.1 Å². The molecule has 0 saturated heterocycles. The maximum absolute atomic E-state index is 11.7. The largest absolute Gasteiger partial charge is 0.467 e. The molecule has 0 saturated carbocycles. The summed E-state index contributed by atoms with van der Waals surface area (Å²) in [6.45, 7) is 3.59. The minimum Gasteiger partial charge on any atom is -0.467 e. The molecule has 0 fully saturated rings. The first-order valence-corrected chi connectivity index (χ1v) is 6.08. The Hall–Kier alpha value is -1.88. The van der Waals surface area contributed by atoms with Crippen molar-refractivity contribution in [1.82, 2.24) is 5.32 Å². The van der Waals surface area contributed by atoms with Crippen molar-refractivity contribution in [2.24, 2.45) is 0 Å². The standard InChI is InChI=1S/C14H19NO4/c1-10(2)19-9-12(16)15-13(14(17)18-3)11-7-5-4-6-8-11/h4-8,10,13H,9H2,1-3H3,(H,15,16). The van der Waals surface area contributed by atoms with Gasteiger partial charge in [-0.25, -0.2) is 4.79 Å². The van der Waals surface area contributed by atoms with Crippen LogP contribution in [0.2, 0.25) is 0 Å². The second kappa shape index (κ2) is 7.53. The third-order valence-corrected chi connectivity index (χ3v) is 2.42. The van der Waals surface area contributed by atoms with E-state index in [0.717, 1.165) is 0 Å². The Balaban J connectivity index is 2.71. The van der Waals surface area contributed by atoms with Crippen LogP contribution in [-0.4, -0.2) is 31.7 Å². The zero-order chi connectivity index (χ0) is 14.3. The smallest absolute Gasteiger partial charge is 0.333 e. The number of carbonyl (C=O) groups is 2. The van der Waals surface area contributed by atoms with Gasteiger partial charge in [-0.15, -0.1) is 0 Å². The molecule has 1 unspecified atom stereocenters. The highest BCUT2D eigenvalue weighted by Crippen LogP contribution is 2.13. The van der Waals surface area contributed by atoms with Gasteiger partial charge >= 0.3 is 5.97 Å². The van der Waals surface area contributed by atoms with Gasteiger partial charge in [0.1, 0.15) is 6.61 Å². The second-order valence-corrected chi connectivity index (χ2v) is 4.29. The van der Waals surface area contributed by atoms with Crippen LogP contribution in [0.1, 0.15) is 25.5 Å². The molecule has 1 aromatic rings. The normalized spacial score (nSPS) is 12.0. The molecule has 0 aliphatic rings. The van der Waals surface area contributed by atoms with Crippen LogP contribution in [0.5, 0.6) is 0 Å². The van der Waals surface area contributed by atoms with Crippen LogP contribution in [0.3, 0.4) is 0 Å². The Morgan fingerprint density at radius 1 is 1.21 bits per heavy atom. The number of ether oxygens (including phenoxy) is 2. The van der Waals surface area contributed by atoms with Gasteiger partial charge in [0.2, 0.25) is 5.91 Å². The average Bonchev–Trinajstić information content (AvgIpc) is 2.42. The van der Waals surface area contributed by atoms with Gasteiger partial charge in [0.25, 0.3) is 0 Å². The molecular formula is C14H19NO4. The van der Waals surface area contributed by atoms with E-state index in [0.29, 0.717) is 5.56 Å². The predicted octanol–water partition coefficient (Wildman–Crippen LogP) is 1.44. The highest BCUT2D eigenvalue weighted by atomic mass is 16.5. The molecule has 0 heterocycles. The molecule has 104 valence electrons. The fourth-order valence-electron chi connectivity index (χ4n) is 1.49. The average molecular weight is 265 g/mol. The lowest BCUT2D eigenvalue weighted by molar-refractivity contribution is -0.146. The quantitative estimate of drug-likeness (QED) is 0.790. The molecule has 0 aliphatic heterocycles. The molecule has 0 spiro atoms. The van der Waals surface area contributed by atoms with Crippen LogP contribution in [-0.2, 0) is 19.1 Å². The van der Waals surface area contributed by atoms with E-state index in [4.69, 9.17) is 9.47 Å². The lowest BCUT2D eigenvalue weighted by Gasteiger charge is -2.17. The first kappa shape index (κ1) is 15.2. The van der Waals surface area contributed by atoms with Gasteiger partial charge in [-0.1, -0.05) is 30.3 Å². The summed E-state index contributed by atoms with van der Waals surface area (Å²) in [5.41, 5.74) is 0.673. The van der Waals surface area contributed by atoms with Crippen molar-refractivity contribution in [3.8, 4) is 0 Å². The summed E-state index contributed by atoms with van der Waals surface area (Å²) in [4.78, 5) is 23.4. The molecule has 1 aromatic carbocycles. The van der Waals surface area contributed by atoms with Crippen LogP contribution < -0.4 is 5.32 Å². The molecule has 19 heavy (non-hydrogen) atoms. The minimum atomic E-state index is -0.811. The van der Waals surface area contributed by atoms with Crippen LogP contribution in [0.4, 0.5) is 0 Å². The Morgan fingerprint density at radius 2 is 1.84 bits per heavy atom. The van der Waals surface area contributed by atoms with E-state index in [-0.39, 0.29) is 18.6 Å². The highest BCUT2D eigenvalue weighted by Gasteiger charge is 2.23. The van der Waals surface area contributed by atoms with Gasteiger partial charge in [-0.3, -0.25) is 4.79 Å². The van der Waals surface area contributed by atoms with Crippen molar-refractivity contribution in [2.45, 2.75) is 26.0 Å². The highest BCUT2D eigenvalue weighted by molar-refractivity contribution is 5.86. The zero-order valence-electron chi connectivity index (χ0n) is 11.4. The second-order valence-electron chi connectivity index (χ2n) is 4.29. The van der Waals surface area contributed by atoms with Crippen LogP contribution in [0.15, 0.2) is 30.3 Å². The molecule has 1 N–H and O–H groups in total. The topological polar surface area (TPSA) is 64.6 Å². The number of hydrogen-bond donors (Lipinski definition) is 1. The summed E-state index contributed by atoms with van der Waals surface area (Å²) >= 11 is 0. The van der Waals surface area contributed by atoms with Gasteiger partial charge in [0, 0.05) is 0 Å². The van der Waals surface area contributed by atoms with Gasteiger partial charge < -0.3 is 14.8 Å². The first-order valence-electron chi connectivity index (χ1n) is 6.08. The van der Waals surface area contributed by atoms with Crippen LogP contribution in [0, 0.1) is 0 Å². The van der Waals surface area contributed by atoms with E-state index in [2.05, 4.69) is 5.32 Å². The summed E-state index contributed by atoms with van der Waals surface area (Å²) in [5.74, 6) is -0.864. The number of methoxy groups -OCH3 is 1. The lowest BCUT2D eigenvalue weighted by atomic mass is 10.1. The third-order valence-electron chi connectivity index (χ3n) is 2.42. The molecule has 0 aliphatic carbocycles. The molecule has 0 radical (unpaired) electrons. The third kappa shape index (κ3) is 5.09. The fraction of sp³-hybridized carbons (Fsp3) is 0.429. The lowest BCUT2D eigenvalue weighted by Crippen LogP contribution is -2.37. The summed E-state index contributed by atoms with van der Waals surface area (Å²) < 4.78 is 9.89. The van der Waals surface area contributed by atoms with Crippen LogP contribution >= 0.6 is 0 Å². The SMILES string of the molecule is COC(=O)C(NC(=O)COC(C)C)c1ccccc1. The van der Waals surface area contributed by atoms with E-state index in [1.165, 1.54) is 7.11 Å². The summed E-state index contributed by atoms with van der Waals surface area (Å²) in [5, 5.41) is 2.60. The van der Waals surface area contributed by atoms with E-state index in [1.807, 2.05) is 19.9 Å². The summed E-state index contributed by atoms with van der Waals surface area (Å²) in [7, 11) is 1.29. The molecule has 0 bridgehead atoms. The maximum atomic E-state index is 11.7. The molecule has 0 aromatic heterocycles. The molecule has 5 heteroatoms. The number of rotatable bonds is 6. The van der Waals surface area contributed by atoms with E-state index < -0.39 is 12.0 Å². The summed E-state index contributed by atoms with van der Waals surface area (Å²) in [6, 6.07) is 8.12. The number of carbonyl (C=O) groups excluding carboxylic acids is 2. The van der Waals surface area contributed by atoms with E-state index in [1.54, 1.807) is 24.3 Å². The molecule has 5 nitrogen and oxygen atoms in total. The Kier molecular flexibility index (Phi) is 6.02. The monoisotopic (exact) mass is 265 g/mol. The van der Waals surface area contributed by atoms with Crippen molar-refractivity contribution >= 4 is 11.9 Å². The van der Waals surface area contributed by atoms with Crippen molar-refractivity contribution in [3.05, 3.63) is 35.9 Å².